The molecule has 1 saturated carbocycles. The molecule has 2 N–H and O–H groups in total. The molecule has 1 unspecified atom stereocenters. The van der Waals surface area contributed by atoms with E-state index in [2.05, 4.69) is 53.0 Å². The number of amides is 5. The van der Waals surface area contributed by atoms with Gasteiger partial charge in [-0.3, -0.25) is 39.1 Å². The number of rotatable bonds is 8. The molecule has 296 valence electrons. The number of carbonyl (C=O) groups excluding carboxylic acids is 5. The highest BCUT2D eigenvalue weighted by atomic mass is 35.5. The van der Waals surface area contributed by atoms with Crippen molar-refractivity contribution >= 4 is 52.5 Å². The predicted octanol–water partition coefficient (Wildman–Crippen LogP) is 6.18. The Kier molecular flexibility index (Phi) is 9.89. The van der Waals surface area contributed by atoms with E-state index in [1.807, 2.05) is 36.4 Å². The first-order valence-electron chi connectivity index (χ1n) is 19.7. The van der Waals surface area contributed by atoms with E-state index in [-0.39, 0.29) is 47.6 Å². The van der Waals surface area contributed by atoms with Crippen molar-refractivity contribution in [1.82, 2.24) is 20.4 Å². The highest BCUT2D eigenvalue weighted by Crippen LogP contribution is 2.55. The molecule has 57 heavy (non-hydrogen) atoms. The van der Waals surface area contributed by atoms with Crippen LogP contribution in [0.3, 0.4) is 0 Å². The van der Waals surface area contributed by atoms with Crippen molar-refractivity contribution in [2.45, 2.75) is 84.5 Å². The Hall–Kier alpha value is -5.25. The summed E-state index contributed by atoms with van der Waals surface area (Å²) in [6.45, 7) is 20.0. The molecule has 12 nitrogen and oxygen atoms in total. The van der Waals surface area contributed by atoms with Gasteiger partial charge in [0.05, 0.1) is 22.7 Å². The number of nitrogens with one attached hydrogen (secondary N) is 2. The summed E-state index contributed by atoms with van der Waals surface area (Å²) >= 11 is 6.26. The van der Waals surface area contributed by atoms with Crippen LogP contribution in [0.4, 0.5) is 11.4 Å². The number of halogens is 1. The zero-order chi connectivity index (χ0) is 40.4. The van der Waals surface area contributed by atoms with Crippen LogP contribution in [0.15, 0.2) is 54.6 Å². The molecule has 5 aliphatic rings. The molecule has 5 amide bonds. The molecule has 8 rings (SSSR count). The summed E-state index contributed by atoms with van der Waals surface area (Å²) < 4.78 is 6.39. The van der Waals surface area contributed by atoms with E-state index in [1.54, 1.807) is 18.2 Å². The molecule has 0 spiro atoms. The van der Waals surface area contributed by atoms with Gasteiger partial charge >= 0.3 is 0 Å². The van der Waals surface area contributed by atoms with Crippen LogP contribution >= 0.6 is 11.6 Å². The number of imide groups is 2. The molecule has 0 radical (unpaired) electrons. The van der Waals surface area contributed by atoms with Gasteiger partial charge in [-0.05, 0) is 91.3 Å². The SMILES string of the molecule is [C-]#[N+]c1ccc(OC2C(C)(C)C(NC(=O)c3ccc(N4CCC(CN5CCc6cc7c(cc6C5)C(=O)N(C5CCC(=O)NC5=O)C7=O)CC4)cc3)C2(C)C)cc1Cl. The van der Waals surface area contributed by atoms with Crippen LogP contribution in [0.1, 0.15) is 95.6 Å². The van der Waals surface area contributed by atoms with Crippen LogP contribution < -0.4 is 20.3 Å². The molecule has 0 bridgehead atoms. The third kappa shape index (κ3) is 6.95. The van der Waals surface area contributed by atoms with Crippen molar-refractivity contribution in [1.29, 1.82) is 0 Å². The first kappa shape index (κ1) is 38.6. The first-order chi connectivity index (χ1) is 27.1. The van der Waals surface area contributed by atoms with Crippen molar-refractivity contribution in [3.05, 3.63) is 98.9 Å². The molecule has 0 aromatic heterocycles. The molecule has 3 aromatic carbocycles. The normalized spacial score (nSPS) is 24.2. The van der Waals surface area contributed by atoms with Gasteiger partial charge in [0.2, 0.25) is 17.5 Å². The van der Waals surface area contributed by atoms with E-state index in [0.717, 1.165) is 67.2 Å². The fourth-order valence-corrected chi connectivity index (χ4v) is 10.3. The van der Waals surface area contributed by atoms with Crippen LogP contribution in [0.5, 0.6) is 5.75 Å². The monoisotopic (exact) mass is 790 g/mol. The molecule has 2 saturated heterocycles. The Balaban J connectivity index is 0.828. The Morgan fingerprint density at radius 2 is 1.56 bits per heavy atom. The molecule has 3 aromatic rings. The zero-order valence-corrected chi connectivity index (χ0v) is 33.4. The summed E-state index contributed by atoms with van der Waals surface area (Å²) in [5.41, 5.74) is 4.16. The molecule has 3 fully saturated rings. The van der Waals surface area contributed by atoms with Gasteiger partial charge in [0.15, 0.2) is 0 Å². The highest BCUT2D eigenvalue weighted by Gasteiger charge is 2.64. The van der Waals surface area contributed by atoms with E-state index in [0.29, 0.717) is 45.6 Å². The van der Waals surface area contributed by atoms with Crippen molar-refractivity contribution < 1.29 is 28.7 Å². The lowest BCUT2D eigenvalue weighted by Gasteiger charge is -2.63. The lowest BCUT2D eigenvalue weighted by Crippen LogP contribution is -2.74. The summed E-state index contributed by atoms with van der Waals surface area (Å²) in [5, 5.41) is 5.89. The molecule has 1 atom stereocenters. The minimum Gasteiger partial charge on any atom is -0.489 e. The zero-order valence-electron chi connectivity index (χ0n) is 32.7. The Bertz CT molecular complexity index is 2210. The lowest BCUT2D eigenvalue weighted by atomic mass is 9.49. The van der Waals surface area contributed by atoms with E-state index in [4.69, 9.17) is 22.9 Å². The van der Waals surface area contributed by atoms with Crippen LogP contribution in [0.2, 0.25) is 5.02 Å². The minimum absolute atomic E-state index is 0.0941. The van der Waals surface area contributed by atoms with Gasteiger partial charge in [0.25, 0.3) is 17.7 Å². The molecule has 1 aliphatic carbocycles. The standard InChI is InChI=1S/C44H47ClN6O6/c1-43(2)41(44(3,4)42(43)57-30-10-11-34(46-5)33(45)22-30)48-37(53)26-6-8-29(9-7-26)50-18-14-25(15-19-50)23-49-17-16-27-20-31-32(21-28(27)24-49)40(56)51(39(31)55)35-12-13-36(52)47-38(35)54/h6-11,20-22,25,35,41-42H,12-19,23-24H2,1-4H3,(H,48,53)(H,47,52,54). The highest BCUT2D eigenvalue weighted by molar-refractivity contribution is 6.33. The largest absolute Gasteiger partial charge is 0.489 e. The second-order valence-electron chi connectivity index (χ2n) is 17.3. The Labute approximate surface area is 337 Å². The van der Waals surface area contributed by atoms with E-state index in [9.17, 15) is 24.0 Å². The summed E-state index contributed by atoms with van der Waals surface area (Å²) in [4.78, 5) is 73.6. The van der Waals surface area contributed by atoms with E-state index < -0.39 is 23.8 Å². The topological polar surface area (TPSA) is 133 Å². The Morgan fingerprint density at radius 1 is 0.895 bits per heavy atom. The summed E-state index contributed by atoms with van der Waals surface area (Å²) in [5.74, 6) is -0.921. The summed E-state index contributed by atoms with van der Waals surface area (Å²) in [7, 11) is 0. The van der Waals surface area contributed by atoms with Crippen molar-refractivity contribution in [3.8, 4) is 5.75 Å². The second-order valence-corrected chi connectivity index (χ2v) is 17.8. The maximum absolute atomic E-state index is 13.5. The van der Waals surface area contributed by atoms with Gasteiger partial charge in [-0.1, -0.05) is 45.4 Å². The molecular formula is C44H47ClN6O6. The Morgan fingerprint density at radius 3 is 2.19 bits per heavy atom. The van der Waals surface area contributed by atoms with E-state index >= 15 is 0 Å². The van der Waals surface area contributed by atoms with Crippen molar-refractivity contribution in [2.24, 2.45) is 16.7 Å². The first-order valence-corrected chi connectivity index (χ1v) is 20.1. The average molecular weight is 791 g/mol. The van der Waals surface area contributed by atoms with Gasteiger partial charge in [0, 0.05) is 67.3 Å². The number of fused-ring (bicyclic) bond motifs is 2. The number of nitrogens with zero attached hydrogens (tertiary/aromatic N) is 4. The average Bonchev–Trinajstić information content (AvgIpc) is 3.42. The number of anilines is 1. The van der Waals surface area contributed by atoms with Gasteiger partial charge in [0.1, 0.15) is 17.9 Å². The molecule has 4 heterocycles. The number of benzene rings is 3. The summed E-state index contributed by atoms with van der Waals surface area (Å²) in [6.07, 6.45) is 2.90. The van der Waals surface area contributed by atoms with E-state index in [1.165, 1.54) is 0 Å². The van der Waals surface area contributed by atoms with Gasteiger partial charge < -0.3 is 15.0 Å². The lowest BCUT2D eigenvalue weighted by molar-refractivity contribution is -0.164. The molecule has 4 aliphatic heterocycles. The number of piperidine rings is 2. The predicted molar refractivity (Wildman–Crippen MR) is 214 cm³/mol. The maximum atomic E-state index is 13.5. The molecular weight excluding hydrogens is 744 g/mol. The van der Waals surface area contributed by atoms with Crippen molar-refractivity contribution in [2.75, 3.05) is 31.1 Å². The minimum atomic E-state index is -0.969. The fourth-order valence-electron chi connectivity index (χ4n) is 10.1. The fraction of sp³-hybridized carbons (Fsp3) is 0.455. The third-order valence-electron chi connectivity index (χ3n) is 12.9. The maximum Gasteiger partial charge on any atom is 0.262 e. The smallest absolute Gasteiger partial charge is 0.262 e. The van der Waals surface area contributed by atoms with Crippen LogP contribution in [0.25, 0.3) is 4.85 Å². The number of hydrogen-bond donors (Lipinski definition) is 2. The van der Waals surface area contributed by atoms with Crippen molar-refractivity contribution in [3.63, 3.8) is 0 Å². The second kappa shape index (κ2) is 14.6. The van der Waals surface area contributed by atoms with Crippen LogP contribution in [0, 0.1) is 23.3 Å². The third-order valence-corrected chi connectivity index (χ3v) is 13.2. The number of hydrogen-bond acceptors (Lipinski definition) is 8. The van der Waals surface area contributed by atoms with Crippen LogP contribution in [-0.4, -0.2) is 83.7 Å². The van der Waals surface area contributed by atoms with Gasteiger partial charge in [-0.15, -0.1) is 0 Å². The van der Waals surface area contributed by atoms with Crippen LogP contribution in [-0.2, 0) is 22.6 Å². The summed E-state index contributed by atoms with van der Waals surface area (Å²) in [6, 6.07) is 15.5. The number of ether oxygens (including phenoxy) is 1. The van der Waals surface area contributed by atoms with Gasteiger partial charge in [-0.2, -0.15) is 0 Å². The number of carbonyl (C=O) groups is 5. The quantitative estimate of drug-likeness (QED) is 0.204. The van der Waals surface area contributed by atoms with Gasteiger partial charge in [-0.25, -0.2) is 4.85 Å². The molecule has 13 heteroatoms.